The number of carboxylic acids is 1. The highest BCUT2D eigenvalue weighted by molar-refractivity contribution is 5.85. The van der Waals surface area contributed by atoms with E-state index < -0.39 is 12.1 Å². The smallest absolute Gasteiger partial charge is 0.335 e. The number of aliphatic hydroxyl groups is 2. The van der Waals surface area contributed by atoms with E-state index in [4.69, 9.17) is 21.1 Å². The second-order valence-electron chi connectivity index (χ2n) is 2.27. The van der Waals surface area contributed by atoms with Gasteiger partial charge < -0.3 is 21.1 Å². The SMILES string of the molecule is Cl.NC(C(=O)O)N(CCO)CCO. The van der Waals surface area contributed by atoms with Crippen molar-refractivity contribution in [1.82, 2.24) is 4.90 Å². The zero-order valence-corrected chi connectivity index (χ0v) is 7.90. The van der Waals surface area contributed by atoms with E-state index in [2.05, 4.69) is 0 Å². The lowest BCUT2D eigenvalue weighted by atomic mass is 10.4. The molecule has 13 heavy (non-hydrogen) atoms. The third-order valence-electron chi connectivity index (χ3n) is 1.42. The van der Waals surface area contributed by atoms with Crippen LogP contribution in [0.5, 0.6) is 0 Å². The Morgan fingerprint density at radius 2 is 1.69 bits per heavy atom. The van der Waals surface area contributed by atoms with Gasteiger partial charge >= 0.3 is 5.97 Å². The Balaban J connectivity index is 0. The van der Waals surface area contributed by atoms with Crippen LogP contribution in [0.25, 0.3) is 0 Å². The van der Waals surface area contributed by atoms with Crippen LogP contribution in [0.3, 0.4) is 0 Å². The van der Waals surface area contributed by atoms with Crippen LogP contribution in [-0.2, 0) is 4.79 Å². The fourth-order valence-electron chi connectivity index (χ4n) is 0.803. The maximum atomic E-state index is 10.4. The molecule has 0 saturated heterocycles. The molecule has 0 radical (unpaired) electrons. The van der Waals surface area contributed by atoms with Crippen molar-refractivity contribution in [1.29, 1.82) is 0 Å². The number of carbonyl (C=O) groups is 1. The normalized spacial score (nSPS) is 12.3. The van der Waals surface area contributed by atoms with Crippen LogP contribution >= 0.6 is 12.4 Å². The number of hydrogen-bond acceptors (Lipinski definition) is 5. The van der Waals surface area contributed by atoms with Gasteiger partial charge in [-0.25, -0.2) is 4.79 Å². The van der Waals surface area contributed by atoms with Crippen molar-refractivity contribution in [3.8, 4) is 0 Å². The Bertz CT molecular complexity index is 141. The number of halogens is 1. The Hall–Kier alpha value is -0.400. The molecule has 5 N–H and O–H groups in total. The first-order chi connectivity index (χ1) is 5.63. The van der Waals surface area contributed by atoms with Crippen LogP contribution < -0.4 is 5.73 Å². The Morgan fingerprint density at radius 3 is 1.92 bits per heavy atom. The topological polar surface area (TPSA) is 107 Å². The molecule has 0 aromatic carbocycles. The molecule has 0 aromatic rings. The van der Waals surface area contributed by atoms with Gasteiger partial charge in [0.2, 0.25) is 0 Å². The summed E-state index contributed by atoms with van der Waals surface area (Å²) < 4.78 is 0. The predicted molar refractivity (Wildman–Crippen MR) is 48.6 cm³/mol. The summed E-state index contributed by atoms with van der Waals surface area (Å²) in [6, 6.07) is 0. The molecule has 0 heterocycles. The average Bonchev–Trinajstić information content (AvgIpc) is 2.03. The number of carboxylic acid groups (broad SMARTS) is 1. The third kappa shape index (κ3) is 5.78. The van der Waals surface area contributed by atoms with Gasteiger partial charge in [0.25, 0.3) is 0 Å². The van der Waals surface area contributed by atoms with Crippen LogP contribution in [0, 0.1) is 0 Å². The van der Waals surface area contributed by atoms with Gasteiger partial charge in [0, 0.05) is 13.1 Å². The number of nitrogens with two attached hydrogens (primary N) is 1. The maximum Gasteiger partial charge on any atom is 0.335 e. The minimum absolute atomic E-state index is 0. The summed E-state index contributed by atoms with van der Waals surface area (Å²) in [5.41, 5.74) is 5.24. The van der Waals surface area contributed by atoms with Crippen LogP contribution in [0.4, 0.5) is 0 Å². The standard InChI is InChI=1S/C6H14N2O4.ClH/c7-5(6(11)12)8(1-3-9)2-4-10;/h5,9-10H,1-4,7H2,(H,11,12);1H. The van der Waals surface area contributed by atoms with Crippen molar-refractivity contribution in [2.75, 3.05) is 26.3 Å². The monoisotopic (exact) mass is 214 g/mol. The maximum absolute atomic E-state index is 10.4. The summed E-state index contributed by atoms with van der Waals surface area (Å²) in [5, 5.41) is 25.5. The molecule has 0 amide bonds. The zero-order valence-electron chi connectivity index (χ0n) is 7.09. The molecule has 80 valence electrons. The highest BCUT2D eigenvalue weighted by atomic mass is 35.5. The first kappa shape index (κ1) is 15.1. The van der Waals surface area contributed by atoms with E-state index in [0.717, 1.165) is 0 Å². The van der Waals surface area contributed by atoms with E-state index in [1.165, 1.54) is 4.90 Å². The van der Waals surface area contributed by atoms with E-state index in [1.54, 1.807) is 0 Å². The van der Waals surface area contributed by atoms with Gasteiger partial charge in [-0.2, -0.15) is 0 Å². The number of aliphatic carboxylic acids is 1. The summed E-state index contributed by atoms with van der Waals surface area (Å²) in [6.07, 6.45) is -1.16. The van der Waals surface area contributed by atoms with Crippen LogP contribution in [0.2, 0.25) is 0 Å². The lowest BCUT2D eigenvalue weighted by Gasteiger charge is -2.23. The fraction of sp³-hybridized carbons (Fsp3) is 0.833. The molecule has 0 aromatic heterocycles. The molecule has 0 bridgehead atoms. The van der Waals surface area contributed by atoms with Gasteiger partial charge in [-0.3, -0.25) is 4.90 Å². The first-order valence-corrected chi connectivity index (χ1v) is 3.57. The Morgan fingerprint density at radius 1 is 1.31 bits per heavy atom. The van der Waals surface area contributed by atoms with Crippen molar-refractivity contribution in [2.45, 2.75) is 6.17 Å². The molecule has 0 aliphatic rings. The van der Waals surface area contributed by atoms with E-state index in [9.17, 15) is 4.79 Å². The minimum atomic E-state index is -1.17. The highest BCUT2D eigenvalue weighted by Gasteiger charge is 2.19. The predicted octanol–water partition coefficient (Wildman–Crippen LogP) is -1.94. The van der Waals surface area contributed by atoms with Crippen molar-refractivity contribution in [3.63, 3.8) is 0 Å². The minimum Gasteiger partial charge on any atom is -0.479 e. The number of hydrogen-bond donors (Lipinski definition) is 4. The molecule has 0 rings (SSSR count). The molecule has 1 atom stereocenters. The molecular weight excluding hydrogens is 200 g/mol. The summed E-state index contributed by atoms with van der Waals surface area (Å²) in [7, 11) is 0. The molecule has 0 spiro atoms. The quantitative estimate of drug-likeness (QED) is 0.384. The largest absolute Gasteiger partial charge is 0.479 e. The molecule has 0 saturated carbocycles. The lowest BCUT2D eigenvalue weighted by Crippen LogP contribution is -2.49. The second-order valence-corrected chi connectivity index (χ2v) is 2.27. The third-order valence-corrected chi connectivity index (χ3v) is 1.42. The molecule has 0 fully saturated rings. The number of rotatable bonds is 6. The molecule has 1 unspecified atom stereocenters. The Kier molecular flexibility index (Phi) is 9.53. The Labute approximate surface area is 82.4 Å². The van der Waals surface area contributed by atoms with Gasteiger partial charge in [0.15, 0.2) is 6.17 Å². The van der Waals surface area contributed by atoms with Crippen LogP contribution in [0.1, 0.15) is 0 Å². The highest BCUT2D eigenvalue weighted by Crippen LogP contribution is 1.92. The average molecular weight is 215 g/mol. The summed E-state index contributed by atoms with van der Waals surface area (Å²) >= 11 is 0. The van der Waals surface area contributed by atoms with Crippen molar-refractivity contribution >= 4 is 18.4 Å². The van der Waals surface area contributed by atoms with Gasteiger partial charge in [-0.1, -0.05) is 0 Å². The lowest BCUT2D eigenvalue weighted by molar-refractivity contribution is -0.143. The van der Waals surface area contributed by atoms with Crippen molar-refractivity contribution in [2.24, 2.45) is 5.73 Å². The van der Waals surface area contributed by atoms with E-state index in [1.807, 2.05) is 0 Å². The summed E-state index contributed by atoms with van der Waals surface area (Å²) in [6.45, 7) is -0.0655. The fourth-order valence-corrected chi connectivity index (χ4v) is 0.803. The summed E-state index contributed by atoms with van der Waals surface area (Å²) in [5.74, 6) is -1.17. The van der Waals surface area contributed by atoms with E-state index in [-0.39, 0.29) is 38.7 Å². The molecule has 0 aliphatic heterocycles. The molecule has 7 heteroatoms. The van der Waals surface area contributed by atoms with Gasteiger partial charge in [-0.15, -0.1) is 12.4 Å². The van der Waals surface area contributed by atoms with Crippen LogP contribution in [-0.4, -0.2) is 58.7 Å². The second kappa shape index (κ2) is 8.21. The molecular formula is C6H15ClN2O4. The van der Waals surface area contributed by atoms with E-state index in [0.29, 0.717) is 0 Å². The van der Waals surface area contributed by atoms with Gasteiger partial charge in [0.1, 0.15) is 0 Å². The van der Waals surface area contributed by atoms with Gasteiger partial charge in [-0.05, 0) is 0 Å². The summed E-state index contributed by atoms with van der Waals surface area (Å²) in [4.78, 5) is 11.6. The van der Waals surface area contributed by atoms with Crippen molar-refractivity contribution < 1.29 is 20.1 Å². The molecule has 0 aliphatic carbocycles. The van der Waals surface area contributed by atoms with Gasteiger partial charge in [0.05, 0.1) is 13.2 Å². The first-order valence-electron chi connectivity index (χ1n) is 3.57. The zero-order chi connectivity index (χ0) is 9.56. The van der Waals surface area contributed by atoms with E-state index >= 15 is 0 Å². The molecule has 6 nitrogen and oxygen atoms in total. The number of aliphatic hydroxyl groups excluding tert-OH is 2. The number of nitrogens with zero attached hydrogens (tertiary/aromatic N) is 1. The van der Waals surface area contributed by atoms with Crippen molar-refractivity contribution in [3.05, 3.63) is 0 Å². The van der Waals surface area contributed by atoms with Crippen LogP contribution in [0.15, 0.2) is 0 Å².